The van der Waals surface area contributed by atoms with Gasteiger partial charge in [-0.1, -0.05) is 19.1 Å². The van der Waals surface area contributed by atoms with Crippen molar-refractivity contribution in [3.05, 3.63) is 29.8 Å². The summed E-state index contributed by atoms with van der Waals surface area (Å²) < 4.78 is 5.06. The van der Waals surface area contributed by atoms with Crippen molar-refractivity contribution in [1.82, 2.24) is 5.32 Å². The van der Waals surface area contributed by atoms with Crippen LogP contribution < -0.4 is 10.1 Å². The molecule has 19 heavy (non-hydrogen) atoms. The van der Waals surface area contributed by atoms with Crippen molar-refractivity contribution in [2.75, 3.05) is 7.11 Å². The predicted octanol–water partition coefficient (Wildman–Crippen LogP) is 1.46. The number of hydrogen-bond donors (Lipinski definition) is 2. The van der Waals surface area contributed by atoms with E-state index in [0.29, 0.717) is 6.42 Å². The minimum absolute atomic E-state index is 0.259. The van der Waals surface area contributed by atoms with Gasteiger partial charge in [-0.3, -0.25) is 9.59 Å². The Morgan fingerprint density at radius 2 is 1.84 bits per heavy atom. The number of carboxylic acids is 1. The third kappa shape index (κ3) is 4.62. The Kier molecular flexibility index (Phi) is 5.36. The lowest BCUT2D eigenvalue weighted by atomic mass is 10.00. The second kappa shape index (κ2) is 6.78. The normalized spacial score (nSPS) is 13.4. The summed E-state index contributed by atoms with van der Waals surface area (Å²) in [6.07, 6.45) is 0.558. The van der Waals surface area contributed by atoms with Crippen molar-refractivity contribution >= 4 is 11.9 Å². The molecule has 0 radical (unpaired) electrons. The molecule has 5 heteroatoms. The summed E-state index contributed by atoms with van der Waals surface area (Å²) >= 11 is 0. The molecule has 2 N–H and O–H groups in total. The molecule has 1 rings (SSSR count). The zero-order valence-corrected chi connectivity index (χ0v) is 11.3. The smallest absolute Gasteiger partial charge is 0.325 e. The maximum Gasteiger partial charge on any atom is 0.325 e. The van der Waals surface area contributed by atoms with Crippen molar-refractivity contribution in [3.63, 3.8) is 0 Å². The van der Waals surface area contributed by atoms with Gasteiger partial charge in [0, 0.05) is 5.92 Å². The van der Waals surface area contributed by atoms with Gasteiger partial charge in [0.25, 0.3) is 0 Å². The van der Waals surface area contributed by atoms with Gasteiger partial charge >= 0.3 is 5.97 Å². The summed E-state index contributed by atoms with van der Waals surface area (Å²) in [5.41, 5.74) is 1.01. The molecule has 0 heterocycles. The minimum Gasteiger partial charge on any atom is -0.497 e. The Hall–Kier alpha value is -2.04. The molecule has 0 bridgehead atoms. The molecule has 0 aliphatic carbocycles. The molecule has 1 unspecified atom stereocenters. The van der Waals surface area contributed by atoms with Gasteiger partial charge in [0.05, 0.1) is 7.11 Å². The summed E-state index contributed by atoms with van der Waals surface area (Å²) in [5.74, 6) is -0.814. The van der Waals surface area contributed by atoms with Gasteiger partial charge in [-0.05, 0) is 31.0 Å². The number of carboxylic acid groups (broad SMARTS) is 1. The number of ether oxygens (including phenoxy) is 1. The van der Waals surface area contributed by atoms with E-state index in [9.17, 15) is 9.59 Å². The van der Waals surface area contributed by atoms with Crippen LogP contribution in [-0.2, 0) is 16.0 Å². The van der Waals surface area contributed by atoms with Crippen molar-refractivity contribution in [3.8, 4) is 5.75 Å². The molecule has 0 saturated heterocycles. The summed E-state index contributed by atoms with van der Waals surface area (Å²) in [4.78, 5) is 22.4. The van der Waals surface area contributed by atoms with Crippen LogP contribution in [0.15, 0.2) is 24.3 Å². The second-order valence-electron chi connectivity index (χ2n) is 4.52. The van der Waals surface area contributed by atoms with Gasteiger partial charge in [0.2, 0.25) is 5.91 Å². The third-order valence-corrected chi connectivity index (χ3v) is 2.88. The average molecular weight is 265 g/mol. The van der Waals surface area contributed by atoms with E-state index in [0.717, 1.165) is 11.3 Å². The fraction of sp³-hybridized carbons (Fsp3) is 0.429. The lowest BCUT2D eigenvalue weighted by Gasteiger charge is -2.15. The summed E-state index contributed by atoms with van der Waals surface area (Å²) in [7, 11) is 1.60. The first kappa shape index (κ1) is 15.0. The van der Waals surface area contributed by atoms with Crippen LogP contribution in [-0.4, -0.2) is 30.1 Å². The van der Waals surface area contributed by atoms with E-state index in [1.807, 2.05) is 24.3 Å². The largest absolute Gasteiger partial charge is 0.497 e. The summed E-state index contributed by atoms with van der Waals surface area (Å²) in [6.45, 7) is 3.22. The van der Waals surface area contributed by atoms with E-state index >= 15 is 0 Å². The quantitative estimate of drug-likeness (QED) is 0.816. The van der Waals surface area contributed by atoms with Gasteiger partial charge in [0.1, 0.15) is 11.8 Å². The number of nitrogens with one attached hydrogen (secondary N) is 1. The predicted molar refractivity (Wildman–Crippen MR) is 71.1 cm³/mol. The van der Waals surface area contributed by atoms with Gasteiger partial charge in [-0.25, -0.2) is 0 Å². The maximum atomic E-state index is 11.8. The highest BCUT2D eigenvalue weighted by Gasteiger charge is 2.19. The number of hydrogen-bond acceptors (Lipinski definition) is 3. The number of carbonyl (C=O) groups is 2. The van der Waals surface area contributed by atoms with E-state index in [1.165, 1.54) is 6.92 Å². The SMILES string of the molecule is COc1ccc(CC(C)C(=O)N[C@@H](C)C(=O)O)cc1. The zero-order valence-electron chi connectivity index (χ0n) is 11.3. The maximum absolute atomic E-state index is 11.8. The number of aliphatic carboxylic acids is 1. The van der Waals surface area contributed by atoms with E-state index in [2.05, 4.69) is 5.32 Å². The summed E-state index contributed by atoms with van der Waals surface area (Å²) in [5, 5.41) is 11.2. The number of carbonyl (C=O) groups excluding carboxylic acids is 1. The van der Waals surface area contributed by atoms with Crippen molar-refractivity contribution in [2.24, 2.45) is 5.92 Å². The van der Waals surface area contributed by atoms with E-state index in [1.54, 1.807) is 14.0 Å². The lowest BCUT2D eigenvalue weighted by molar-refractivity contribution is -0.141. The molecule has 0 aliphatic rings. The van der Waals surface area contributed by atoms with Crippen LogP contribution in [0.2, 0.25) is 0 Å². The van der Waals surface area contributed by atoms with Crippen molar-refractivity contribution in [2.45, 2.75) is 26.3 Å². The van der Waals surface area contributed by atoms with Crippen LogP contribution in [0.1, 0.15) is 19.4 Å². The van der Waals surface area contributed by atoms with E-state index in [-0.39, 0.29) is 11.8 Å². The van der Waals surface area contributed by atoms with Crippen LogP contribution >= 0.6 is 0 Å². The van der Waals surface area contributed by atoms with Crippen LogP contribution in [0.3, 0.4) is 0 Å². The Labute approximate surface area is 112 Å². The highest BCUT2D eigenvalue weighted by atomic mass is 16.5. The van der Waals surface area contributed by atoms with Crippen LogP contribution in [0, 0.1) is 5.92 Å². The molecule has 0 aliphatic heterocycles. The molecule has 0 saturated carbocycles. The number of rotatable bonds is 6. The summed E-state index contributed by atoms with van der Waals surface area (Å²) in [6, 6.07) is 6.58. The molecule has 1 aromatic carbocycles. The van der Waals surface area contributed by atoms with Crippen LogP contribution in [0.25, 0.3) is 0 Å². The lowest BCUT2D eigenvalue weighted by Crippen LogP contribution is -2.41. The molecule has 2 atom stereocenters. The third-order valence-electron chi connectivity index (χ3n) is 2.88. The highest BCUT2D eigenvalue weighted by Crippen LogP contribution is 2.14. The monoisotopic (exact) mass is 265 g/mol. The Balaban J connectivity index is 2.55. The van der Waals surface area contributed by atoms with E-state index in [4.69, 9.17) is 9.84 Å². The zero-order chi connectivity index (χ0) is 14.4. The van der Waals surface area contributed by atoms with Crippen LogP contribution in [0.4, 0.5) is 0 Å². The number of benzene rings is 1. The highest BCUT2D eigenvalue weighted by molar-refractivity contribution is 5.84. The van der Waals surface area contributed by atoms with E-state index < -0.39 is 12.0 Å². The topological polar surface area (TPSA) is 75.6 Å². The molecular formula is C14H19NO4. The molecule has 1 aromatic rings. The van der Waals surface area contributed by atoms with Gasteiger partial charge < -0.3 is 15.2 Å². The first-order valence-corrected chi connectivity index (χ1v) is 6.10. The van der Waals surface area contributed by atoms with Gasteiger partial charge in [-0.15, -0.1) is 0 Å². The van der Waals surface area contributed by atoms with Crippen molar-refractivity contribution in [1.29, 1.82) is 0 Å². The molecule has 0 aromatic heterocycles. The molecule has 0 fully saturated rings. The molecule has 0 spiro atoms. The van der Waals surface area contributed by atoms with Gasteiger partial charge in [0.15, 0.2) is 0 Å². The molecule has 104 valence electrons. The van der Waals surface area contributed by atoms with Gasteiger partial charge in [-0.2, -0.15) is 0 Å². The average Bonchev–Trinajstić information content (AvgIpc) is 2.39. The Morgan fingerprint density at radius 3 is 2.32 bits per heavy atom. The molecule has 5 nitrogen and oxygen atoms in total. The minimum atomic E-state index is -1.04. The van der Waals surface area contributed by atoms with Crippen molar-refractivity contribution < 1.29 is 19.4 Å². The number of methoxy groups -OCH3 is 1. The first-order chi connectivity index (χ1) is 8.93. The van der Waals surface area contributed by atoms with Crippen LogP contribution in [0.5, 0.6) is 5.75 Å². The standard InChI is InChI=1S/C14H19NO4/c1-9(13(16)15-10(2)14(17)18)8-11-4-6-12(19-3)7-5-11/h4-7,9-10H,8H2,1-3H3,(H,15,16)(H,17,18)/t9?,10-/m0/s1. The second-order valence-corrected chi connectivity index (χ2v) is 4.52. The fourth-order valence-electron chi connectivity index (χ4n) is 1.63. The first-order valence-electron chi connectivity index (χ1n) is 6.10. The molecule has 1 amide bonds. The molecular weight excluding hydrogens is 246 g/mol. The Bertz CT molecular complexity index is 441. The number of amides is 1. The Morgan fingerprint density at radius 1 is 1.26 bits per heavy atom. The fourth-order valence-corrected chi connectivity index (χ4v) is 1.63.